The van der Waals surface area contributed by atoms with Crippen molar-refractivity contribution < 1.29 is 14.4 Å². The van der Waals surface area contributed by atoms with Gasteiger partial charge in [0.05, 0.1) is 0 Å². The van der Waals surface area contributed by atoms with Gasteiger partial charge in [-0.05, 0) is 45.0 Å². The molecule has 5 aromatic rings. The van der Waals surface area contributed by atoms with Crippen molar-refractivity contribution in [1.29, 1.82) is 0 Å². The monoisotopic (exact) mass is 531 g/mol. The van der Waals surface area contributed by atoms with Crippen molar-refractivity contribution in [3.05, 3.63) is 160 Å². The highest BCUT2D eigenvalue weighted by molar-refractivity contribution is 6.31. The van der Waals surface area contributed by atoms with Gasteiger partial charge in [-0.1, -0.05) is 127 Å². The molecule has 0 radical (unpaired) electrons. The van der Waals surface area contributed by atoms with Gasteiger partial charge in [0.15, 0.2) is 5.75 Å². The number of benzene rings is 5. The highest BCUT2D eigenvalue weighted by Gasteiger charge is 2.29. The average Bonchev–Trinajstić information content (AvgIpc) is 3.31. The van der Waals surface area contributed by atoms with Crippen molar-refractivity contribution in [3.8, 4) is 16.9 Å². The van der Waals surface area contributed by atoms with Crippen LogP contribution in [0.5, 0.6) is 5.75 Å². The number of fused-ring (bicyclic) bond motifs is 3. The molecule has 0 aromatic heterocycles. The van der Waals surface area contributed by atoms with E-state index < -0.39 is 6.09 Å². The fourth-order valence-corrected chi connectivity index (χ4v) is 5.66. The van der Waals surface area contributed by atoms with Crippen LogP contribution in [0.4, 0.5) is 4.79 Å². The Morgan fingerprint density at radius 3 is 1.82 bits per heavy atom. The molecule has 0 unspecified atom stereocenters. The van der Waals surface area contributed by atoms with Crippen molar-refractivity contribution in [3.63, 3.8) is 0 Å². The minimum absolute atomic E-state index is 0.0233. The number of ether oxygens (including phenoxy) is 1. The Kier molecular flexibility index (Phi) is 7.03. The van der Waals surface area contributed by atoms with Gasteiger partial charge in [0.2, 0.25) is 0 Å². The molecule has 0 atom stereocenters. The van der Waals surface area contributed by atoms with E-state index >= 15 is 0 Å². The van der Waals surface area contributed by atoms with Crippen molar-refractivity contribution in [2.24, 2.45) is 0 Å². The molecule has 0 fully saturated rings. The topological polar surface area (TPSA) is 47.6 Å². The number of nitrogens with one attached hydrogen (secondary N) is 1. The van der Waals surface area contributed by atoms with E-state index in [1.807, 2.05) is 66.7 Å². The summed E-state index contributed by atoms with van der Waals surface area (Å²) in [5.74, 6) is 0.353. The molecular weight excluding hydrogens is 506 g/mol. The summed E-state index contributed by atoms with van der Waals surface area (Å²) in [5.41, 5.74) is 10.3. The zero-order valence-electron chi connectivity index (χ0n) is 21.1. The van der Waals surface area contributed by atoms with E-state index in [2.05, 4.69) is 54.0 Å². The maximum absolute atomic E-state index is 12.5. The quantitative estimate of drug-likeness (QED) is 0.169. The molecule has 4 nitrogen and oxygen atoms in total. The number of rotatable bonds is 7. The first-order chi connectivity index (χ1) is 19.2. The van der Waals surface area contributed by atoms with Crippen LogP contribution in [0, 0.1) is 0 Å². The second-order valence-corrected chi connectivity index (χ2v) is 9.87. The van der Waals surface area contributed by atoms with Crippen LogP contribution >= 0.6 is 11.6 Å². The van der Waals surface area contributed by atoms with Gasteiger partial charge in [-0.15, -0.1) is 0 Å². The van der Waals surface area contributed by atoms with E-state index in [4.69, 9.17) is 21.2 Å². The Labute approximate surface area is 232 Å². The van der Waals surface area contributed by atoms with E-state index in [1.54, 1.807) is 12.1 Å². The van der Waals surface area contributed by atoms with Gasteiger partial charge in [0.1, 0.15) is 6.61 Å². The Bertz CT molecular complexity index is 1520. The largest absolute Gasteiger partial charge is 0.446 e. The summed E-state index contributed by atoms with van der Waals surface area (Å²) < 4.78 is 5.56. The second-order valence-electron chi connectivity index (χ2n) is 9.47. The van der Waals surface area contributed by atoms with Gasteiger partial charge >= 0.3 is 6.09 Å². The van der Waals surface area contributed by atoms with Crippen LogP contribution in [0.25, 0.3) is 11.1 Å². The normalized spacial score (nSPS) is 12.1. The Balaban J connectivity index is 1.13. The number of halogens is 1. The molecule has 1 amide bonds. The minimum Gasteiger partial charge on any atom is -0.446 e. The van der Waals surface area contributed by atoms with E-state index in [1.165, 1.54) is 11.1 Å². The predicted octanol–water partition coefficient (Wildman–Crippen LogP) is 8.35. The van der Waals surface area contributed by atoms with Gasteiger partial charge in [-0.3, -0.25) is 0 Å². The Hall–Kier alpha value is -4.54. The average molecular weight is 532 g/mol. The zero-order chi connectivity index (χ0) is 26.6. The second kappa shape index (κ2) is 11.1. The molecule has 5 aromatic carbocycles. The third kappa shape index (κ3) is 5.12. The number of hydrogen-bond acceptors (Lipinski definition) is 3. The van der Waals surface area contributed by atoms with Gasteiger partial charge in [-0.25, -0.2) is 4.79 Å². The molecule has 0 aliphatic heterocycles. The van der Waals surface area contributed by atoms with E-state index in [0.717, 1.165) is 27.8 Å². The van der Waals surface area contributed by atoms with Crippen LogP contribution in [0.15, 0.2) is 127 Å². The molecule has 0 spiro atoms. The summed E-state index contributed by atoms with van der Waals surface area (Å²) >= 11 is 6.76. The van der Waals surface area contributed by atoms with E-state index in [9.17, 15) is 4.79 Å². The fraction of sp³-hybridized carbons (Fsp3) is 0.0882. The van der Waals surface area contributed by atoms with Gasteiger partial charge < -0.3 is 9.57 Å². The number of carbonyl (C=O) groups is 1. The van der Waals surface area contributed by atoms with Gasteiger partial charge in [0.25, 0.3) is 0 Å². The van der Waals surface area contributed by atoms with Gasteiger partial charge in [-0.2, -0.15) is 5.48 Å². The van der Waals surface area contributed by atoms with Crippen molar-refractivity contribution in [2.45, 2.75) is 11.8 Å². The molecule has 39 heavy (non-hydrogen) atoms. The van der Waals surface area contributed by atoms with Crippen LogP contribution in [0.3, 0.4) is 0 Å². The van der Waals surface area contributed by atoms with Crippen molar-refractivity contribution in [2.75, 3.05) is 6.61 Å². The molecule has 1 aliphatic carbocycles. The number of hydroxylamine groups is 1. The smallest absolute Gasteiger partial charge is 0.440 e. The maximum Gasteiger partial charge on any atom is 0.440 e. The summed E-state index contributed by atoms with van der Waals surface area (Å²) in [7, 11) is 0. The first-order valence-electron chi connectivity index (χ1n) is 12.9. The third-order valence-corrected chi connectivity index (χ3v) is 7.47. The first-order valence-corrected chi connectivity index (χ1v) is 13.2. The molecule has 0 saturated heterocycles. The highest BCUT2D eigenvalue weighted by atomic mass is 35.5. The molecule has 5 heteroatoms. The van der Waals surface area contributed by atoms with Crippen LogP contribution < -0.4 is 10.3 Å². The lowest BCUT2D eigenvalue weighted by atomic mass is 9.85. The lowest BCUT2D eigenvalue weighted by molar-refractivity contribution is 0.0978. The van der Waals surface area contributed by atoms with Crippen LogP contribution in [-0.4, -0.2) is 12.7 Å². The minimum atomic E-state index is -0.663. The highest BCUT2D eigenvalue weighted by Crippen LogP contribution is 2.44. The van der Waals surface area contributed by atoms with Gasteiger partial charge in [0, 0.05) is 22.9 Å². The number of amides is 1. The molecule has 0 bridgehead atoms. The number of hydrogen-bond donors (Lipinski definition) is 1. The fourth-order valence-electron chi connectivity index (χ4n) is 5.38. The van der Waals surface area contributed by atoms with Crippen molar-refractivity contribution >= 4 is 17.7 Å². The van der Waals surface area contributed by atoms with Crippen LogP contribution in [0.2, 0.25) is 5.02 Å². The molecule has 6 rings (SSSR count). The third-order valence-electron chi connectivity index (χ3n) is 7.14. The summed E-state index contributed by atoms with van der Waals surface area (Å²) in [4.78, 5) is 18.1. The van der Waals surface area contributed by atoms with E-state index in [-0.39, 0.29) is 18.4 Å². The predicted molar refractivity (Wildman–Crippen MR) is 154 cm³/mol. The van der Waals surface area contributed by atoms with Crippen molar-refractivity contribution in [1.82, 2.24) is 5.48 Å². The molecular formula is C34H26ClNO3. The summed E-state index contributed by atoms with van der Waals surface area (Å²) in [6.07, 6.45) is -0.663. The maximum atomic E-state index is 12.5. The van der Waals surface area contributed by atoms with Crippen LogP contribution in [0.1, 0.15) is 39.7 Å². The summed E-state index contributed by atoms with van der Waals surface area (Å²) in [5, 5.41) is 0.541. The first kappa shape index (κ1) is 24.8. The lowest BCUT2D eigenvalue weighted by Crippen LogP contribution is -2.29. The Morgan fingerprint density at radius 2 is 1.26 bits per heavy atom. The zero-order valence-corrected chi connectivity index (χ0v) is 21.8. The molecule has 0 saturated carbocycles. The standard InChI is InChI=1S/C34H26ClNO3/c35-32-21-25(19-20-30(32)33(23-11-3-1-4-12-23)24-13-5-2-6-14-24)39-36-34(37)38-22-31-28-17-9-7-15-26(28)27-16-8-10-18-29(27)31/h1-21,31,33H,22H2,(H,36,37). The molecule has 0 heterocycles. The van der Waals surface area contributed by atoms with E-state index in [0.29, 0.717) is 10.8 Å². The summed E-state index contributed by atoms with van der Waals surface area (Å²) in [6, 6.07) is 42.3. The lowest BCUT2D eigenvalue weighted by Gasteiger charge is -2.20. The molecule has 1 aliphatic rings. The SMILES string of the molecule is O=C(NOc1ccc(C(c2ccccc2)c2ccccc2)c(Cl)c1)OCC1c2ccccc2-c2ccccc21. The molecule has 192 valence electrons. The van der Waals surface area contributed by atoms with Crippen LogP contribution in [-0.2, 0) is 4.74 Å². The summed E-state index contributed by atoms with van der Waals surface area (Å²) in [6.45, 7) is 0.207. The Morgan fingerprint density at radius 1 is 0.718 bits per heavy atom. The molecule has 1 N–H and O–H groups in total. The number of carbonyl (C=O) groups excluding carboxylic acids is 1.